The van der Waals surface area contributed by atoms with Crippen molar-refractivity contribution in [3.8, 4) is 6.07 Å². The van der Waals surface area contributed by atoms with Crippen LogP contribution in [0, 0.1) is 17.2 Å². The van der Waals surface area contributed by atoms with Gasteiger partial charge in [0.15, 0.2) is 5.65 Å². The summed E-state index contributed by atoms with van der Waals surface area (Å²) in [6.07, 6.45) is 8.66. The zero-order chi connectivity index (χ0) is 22.9. The number of fused-ring (bicyclic) bond motifs is 1. The summed E-state index contributed by atoms with van der Waals surface area (Å²) in [6.45, 7) is 0. The number of nitrogens with zero attached hydrogens (tertiary/aromatic N) is 5. The van der Waals surface area contributed by atoms with E-state index in [1.807, 2.05) is 6.07 Å². The lowest BCUT2D eigenvalue weighted by Gasteiger charge is -2.27. The topological polar surface area (TPSA) is 129 Å². The molecular weight excluding hydrogens is 420 g/mol. The number of carbonyl (C=O) groups excluding carboxylic acids is 1. The summed E-state index contributed by atoms with van der Waals surface area (Å²) in [5.74, 6) is 0.844. The molecule has 0 aliphatic heterocycles. The number of rotatable bonds is 6. The molecule has 170 valence electrons. The molecule has 5 rings (SSSR count). The Morgan fingerprint density at radius 2 is 2.12 bits per heavy atom. The number of amides is 1. The number of pyridine rings is 1. The van der Waals surface area contributed by atoms with Gasteiger partial charge in [0.25, 0.3) is 11.5 Å². The van der Waals surface area contributed by atoms with Gasteiger partial charge in [-0.3, -0.25) is 9.59 Å². The standard InChI is InChI=1S/C23H26N8O2/c1-25-20-11-19(29-21-17(13-26-31(20)21)22(32)27-15-7-8-15)28-18-6-3-9-30(23(18)33)16-5-2-4-14(10-16)12-24/h3,6,9,11,13-16,25H,2,4-5,7-8,10H2,1H3,(H,27,32)(H,28,29)/t14-,16+/m1/s1. The molecule has 33 heavy (non-hydrogen) atoms. The predicted octanol–water partition coefficient (Wildman–Crippen LogP) is 2.82. The second-order valence-corrected chi connectivity index (χ2v) is 8.72. The molecule has 2 atom stereocenters. The molecule has 3 aromatic heterocycles. The number of anilines is 3. The molecule has 2 aliphatic rings. The molecular formula is C23H26N8O2. The highest BCUT2D eigenvalue weighted by molar-refractivity contribution is 6.00. The Morgan fingerprint density at radius 3 is 2.88 bits per heavy atom. The van der Waals surface area contributed by atoms with Crippen molar-refractivity contribution < 1.29 is 4.79 Å². The van der Waals surface area contributed by atoms with Crippen LogP contribution in [0.2, 0.25) is 0 Å². The van der Waals surface area contributed by atoms with Gasteiger partial charge in [0.1, 0.15) is 22.9 Å². The van der Waals surface area contributed by atoms with Crippen molar-refractivity contribution in [3.05, 3.63) is 46.5 Å². The van der Waals surface area contributed by atoms with Gasteiger partial charge in [-0.2, -0.15) is 14.9 Å². The molecule has 2 aliphatic carbocycles. The van der Waals surface area contributed by atoms with Gasteiger partial charge < -0.3 is 20.5 Å². The minimum absolute atomic E-state index is 0.00788. The Balaban J connectivity index is 1.47. The molecule has 10 nitrogen and oxygen atoms in total. The van der Waals surface area contributed by atoms with Crippen molar-refractivity contribution in [1.29, 1.82) is 5.26 Å². The van der Waals surface area contributed by atoms with Gasteiger partial charge >= 0.3 is 0 Å². The van der Waals surface area contributed by atoms with Crippen LogP contribution >= 0.6 is 0 Å². The number of aromatic nitrogens is 4. The molecule has 2 saturated carbocycles. The molecule has 3 N–H and O–H groups in total. The van der Waals surface area contributed by atoms with Crippen LogP contribution in [0.1, 0.15) is 54.9 Å². The monoisotopic (exact) mass is 446 g/mol. The van der Waals surface area contributed by atoms with E-state index in [0.29, 0.717) is 35.0 Å². The lowest BCUT2D eigenvalue weighted by atomic mass is 9.86. The maximum atomic E-state index is 13.2. The molecule has 1 amide bonds. The normalized spacial score (nSPS) is 20.2. The molecule has 0 unspecified atom stereocenters. The van der Waals surface area contributed by atoms with Crippen molar-refractivity contribution >= 4 is 28.9 Å². The van der Waals surface area contributed by atoms with E-state index in [0.717, 1.165) is 32.1 Å². The number of nitrogens with one attached hydrogen (secondary N) is 3. The Bertz CT molecular complexity index is 1300. The van der Waals surface area contributed by atoms with E-state index in [4.69, 9.17) is 0 Å². The van der Waals surface area contributed by atoms with E-state index in [9.17, 15) is 14.9 Å². The fourth-order valence-electron chi connectivity index (χ4n) is 4.42. The first kappa shape index (κ1) is 21.0. The van der Waals surface area contributed by atoms with Crippen molar-refractivity contribution in [3.63, 3.8) is 0 Å². The molecule has 0 bridgehead atoms. The predicted molar refractivity (Wildman–Crippen MR) is 124 cm³/mol. The lowest BCUT2D eigenvalue weighted by molar-refractivity contribution is 0.0952. The molecule has 0 radical (unpaired) electrons. The smallest absolute Gasteiger partial charge is 0.274 e. The number of hydrogen-bond acceptors (Lipinski definition) is 7. The lowest BCUT2D eigenvalue weighted by Crippen LogP contribution is -2.29. The third kappa shape index (κ3) is 4.14. The van der Waals surface area contributed by atoms with Crippen LogP contribution in [0.5, 0.6) is 0 Å². The van der Waals surface area contributed by atoms with Gasteiger partial charge in [0, 0.05) is 37.3 Å². The number of carbonyl (C=O) groups is 1. The summed E-state index contributed by atoms with van der Waals surface area (Å²) >= 11 is 0. The van der Waals surface area contributed by atoms with Gasteiger partial charge in [-0.05, 0) is 44.2 Å². The second-order valence-electron chi connectivity index (χ2n) is 8.72. The fraction of sp³-hybridized carbons (Fsp3) is 0.435. The quantitative estimate of drug-likeness (QED) is 0.531. The largest absolute Gasteiger partial charge is 0.373 e. The Hall–Kier alpha value is -3.87. The zero-order valence-corrected chi connectivity index (χ0v) is 18.4. The van der Waals surface area contributed by atoms with E-state index in [-0.39, 0.29) is 29.5 Å². The highest BCUT2D eigenvalue weighted by Gasteiger charge is 2.27. The summed E-state index contributed by atoms with van der Waals surface area (Å²) in [5, 5.41) is 22.8. The first-order chi connectivity index (χ1) is 16.1. The van der Waals surface area contributed by atoms with Gasteiger partial charge in [0.05, 0.1) is 12.3 Å². The maximum absolute atomic E-state index is 13.2. The van der Waals surface area contributed by atoms with Crippen LogP contribution in [-0.4, -0.2) is 38.2 Å². The van der Waals surface area contributed by atoms with Crippen LogP contribution in [-0.2, 0) is 0 Å². The third-order valence-electron chi connectivity index (χ3n) is 6.34. The van der Waals surface area contributed by atoms with Gasteiger partial charge in [-0.15, -0.1) is 0 Å². The van der Waals surface area contributed by atoms with E-state index in [1.165, 1.54) is 6.20 Å². The zero-order valence-electron chi connectivity index (χ0n) is 18.4. The minimum Gasteiger partial charge on any atom is -0.373 e. The first-order valence-corrected chi connectivity index (χ1v) is 11.3. The van der Waals surface area contributed by atoms with Gasteiger partial charge in [-0.25, -0.2) is 4.98 Å². The van der Waals surface area contributed by atoms with Crippen LogP contribution in [0.4, 0.5) is 17.3 Å². The summed E-state index contributed by atoms with van der Waals surface area (Å²) in [6, 6.07) is 7.86. The SMILES string of the molecule is CNc1cc(Nc2cccn([C@H]3CCC[C@@H](C#N)C3)c2=O)nc2c(C(=O)NC3CC3)cnn12. The molecule has 0 saturated heterocycles. The van der Waals surface area contributed by atoms with Crippen molar-refractivity contribution in [2.75, 3.05) is 17.7 Å². The maximum Gasteiger partial charge on any atom is 0.274 e. The van der Waals surface area contributed by atoms with E-state index in [1.54, 1.807) is 34.5 Å². The van der Waals surface area contributed by atoms with Crippen molar-refractivity contribution in [1.82, 2.24) is 24.5 Å². The first-order valence-electron chi connectivity index (χ1n) is 11.3. The summed E-state index contributed by atoms with van der Waals surface area (Å²) in [5.41, 5.74) is 1.02. The molecule has 0 aromatic carbocycles. The van der Waals surface area contributed by atoms with E-state index in [2.05, 4.69) is 32.1 Å². The van der Waals surface area contributed by atoms with Crippen LogP contribution in [0.15, 0.2) is 35.4 Å². The van der Waals surface area contributed by atoms with Crippen LogP contribution in [0.25, 0.3) is 5.65 Å². The Kier molecular flexibility index (Phi) is 5.46. The summed E-state index contributed by atoms with van der Waals surface area (Å²) < 4.78 is 3.29. The average Bonchev–Trinajstić information content (AvgIpc) is 3.54. The molecule has 10 heteroatoms. The number of hydrogen-bond donors (Lipinski definition) is 3. The Morgan fingerprint density at radius 1 is 1.27 bits per heavy atom. The minimum atomic E-state index is -0.203. The summed E-state index contributed by atoms with van der Waals surface area (Å²) in [7, 11) is 1.76. The van der Waals surface area contributed by atoms with Crippen molar-refractivity contribution in [2.24, 2.45) is 5.92 Å². The summed E-state index contributed by atoms with van der Waals surface area (Å²) in [4.78, 5) is 30.5. The highest BCUT2D eigenvalue weighted by atomic mass is 16.2. The fourth-order valence-corrected chi connectivity index (χ4v) is 4.42. The van der Waals surface area contributed by atoms with Crippen LogP contribution < -0.4 is 21.5 Å². The number of nitriles is 1. The molecule has 3 aromatic rings. The average molecular weight is 447 g/mol. The molecule has 2 fully saturated rings. The van der Waals surface area contributed by atoms with E-state index < -0.39 is 0 Å². The highest BCUT2D eigenvalue weighted by Crippen LogP contribution is 2.31. The second kappa shape index (κ2) is 8.58. The Labute approximate surface area is 190 Å². The third-order valence-corrected chi connectivity index (χ3v) is 6.34. The molecule has 0 spiro atoms. The molecule has 3 heterocycles. The van der Waals surface area contributed by atoms with Crippen LogP contribution in [0.3, 0.4) is 0 Å². The van der Waals surface area contributed by atoms with Gasteiger partial charge in [0.2, 0.25) is 0 Å². The van der Waals surface area contributed by atoms with Crippen molar-refractivity contribution in [2.45, 2.75) is 50.6 Å². The van der Waals surface area contributed by atoms with E-state index >= 15 is 0 Å². The van der Waals surface area contributed by atoms with Gasteiger partial charge in [-0.1, -0.05) is 6.42 Å².